The van der Waals surface area contributed by atoms with Gasteiger partial charge >= 0.3 is 5.97 Å². The monoisotopic (exact) mass is 202 g/mol. The number of hydrogen-bond acceptors (Lipinski definition) is 4. The van der Waals surface area contributed by atoms with Crippen molar-refractivity contribution in [2.75, 3.05) is 0 Å². The molecule has 0 aromatic carbocycles. The summed E-state index contributed by atoms with van der Waals surface area (Å²) in [5.41, 5.74) is 5.32. The molecule has 14 heavy (non-hydrogen) atoms. The first-order valence-corrected chi connectivity index (χ1v) is 4.61. The molecule has 0 saturated carbocycles. The van der Waals surface area contributed by atoms with Crippen LogP contribution < -0.4 is 11.1 Å². The molecule has 0 aromatic heterocycles. The van der Waals surface area contributed by atoms with E-state index in [1.807, 2.05) is 0 Å². The predicted octanol–water partition coefficient (Wildman–Crippen LogP) is -0.210. The Bertz CT molecular complexity index is 214. The van der Waals surface area contributed by atoms with Crippen LogP contribution in [0.4, 0.5) is 0 Å². The molecule has 0 radical (unpaired) electrons. The van der Waals surface area contributed by atoms with Gasteiger partial charge in [-0.15, -0.1) is 0 Å². The van der Waals surface area contributed by atoms with E-state index in [0.29, 0.717) is 0 Å². The highest BCUT2D eigenvalue weighted by Crippen LogP contribution is 1.94. The van der Waals surface area contributed by atoms with Gasteiger partial charge in [-0.05, 0) is 27.7 Å². The fourth-order valence-electron chi connectivity index (χ4n) is 0.738. The van der Waals surface area contributed by atoms with Crippen LogP contribution in [0.3, 0.4) is 0 Å². The summed E-state index contributed by atoms with van der Waals surface area (Å²) in [6.07, 6.45) is -0.183. The van der Waals surface area contributed by atoms with Crippen molar-refractivity contribution < 1.29 is 14.3 Å². The zero-order valence-corrected chi connectivity index (χ0v) is 9.03. The lowest BCUT2D eigenvalue weighted by Crippen LogP contribution is -2.46. The van der Waals surface area contributed by atoms with E-state index in [-0.39, 0.29) is 12.0 Å². The van der Waals surface area contributed by atoms with Crippen molar-refractivity contribution in [1.29, 1.82) is 0 Å². The second-order valence-corrected chi connectivity index (χ2v) is 3.50. The number of amides is 1. The lowest BCUT2D eigenvalue weighted by molar-refractivity contribution is -0.151. The second kappa shape index (κ2) is 5.59. The van der Waals surface area contributed by atoms with E-state index in [1.165, 1.54) is 0 Å². The van der Waals surface area contributed by atoms with Gasteiger partial charge in [-0.25, -0.2) is 4.79 Å². The molecule has 0 fully saturated rings. The van der Waals surface area contributed by atoms with E-state index in [4.69, 9.17) is 10.5 Å². The van der Waals surface area contributed by atoms with Crippen molar-refractivity contribution in [1.82, 2.24) is 5.32 Å². The third-order valence-corrected chi connectivity index (χ3v) is 1.48. The van der Waals surface area contributed by atoms with Gasteiger partial charge in [0.1, 0.15) is 6.04 Å². The Hall–Kier alpha value is -1.10. The Labute approximate surface area is 84.0 Å². The molecule has 0 aliphatic rings. The molecule has 0 spiro atoms. The van der Waals surface area contributed by atoms with E-state index >= 15 is 0 Å². The maximum atomic E-state index is 11.2. The Morgan fingerprint density at radius 3 is 2.07 bits per heavy atom. The summed E-state index contributed by atoms with van der Waals surface area (Å²) >= 11 is 0. The molecule has 0 saturated heterocycles. The SMILES string of the molecule is CC(C)OC(=O)C(C)NC(=O)C(C)N. The molecule has 3 N–H and O–H groups in total. The maximum absolute atomic E-state index is 11.2. The van der Waals surface area contributed by atoms with Crippen LogP contribution in [0.5, 0.6) is 0 Å². The van der Waals surface area contributed by atoms with Crippen LogP contribution in [-0.4, -0.2) is 30.1 Å². The first kappa shape index (κ1) is 12.9. The summed E-state index contributed by atoms with van der Waals surface area (Å²) in [6.45, 7) is 6.61. The standard InChI is InChI=1S/C9H18N2O3/c1-5(2)14-9(13)7(4)11-8(12)6(3)10/h5-7H,10H2,1-4H3,(H,11,12). The van der Waals surface area contributed by atoms with E-state index in [0.717, 1.165) is 0 Å². The van der Waals surface area contributed by atoms with Crippen molar-refractivity contribution in [2.45, 2.75) is 45.9 Å². The van der Waals surface area contributed by atoms with Crippen LogP contribution in [0.25, 0.3) is 0 Å². The van der Waals surface area contributed by atoms with Crippen LogP contribution in [0.1, 0.15) is 27.7 Å². The number of nitrogens with two attached hydrogens (primary N) is 1. The van der Waals surface area contributed by atoms with Crippen molar-refractivity contribution >= 4 is 11.9 Å². The molecule has 5 heteroatoms. The molecule has 2 unspecified atom stereocenters. The summed E-state index contributed by atoms with van der Waals surface area (Å²) < 4.78 is 4.90. The topological polar surface area (TPSA) is 81.4 Å². The van der Waals surface area contributed by atoms with Crippen LogP contribution in [-0.2, 0) is 14.3 Å². The quantitative estimate of drug-likeness (QED) is 0.618. The molecule has 82 valence electrons. The minimum Gasteiger partial charge on any atom is -0.461 e. The highest BCUT2D eigenvalue weighted by molar-refractivity contribution is 5.86. The number of nitrogens with one attached hydrogen (secondary N) is 1. The number of ether oxygens (including phenoxy) is 1. The summed E-state index contributed by atoms with van der Waals surface area (Å²) in [6, 6.07) is -1.28. The Balaban J connectivity index is 4.01. The van der Waals surface area contributed by atoms with Crippen molar-refractivity contribution in [3.8, 4) is 0 Å². The van der Waals surface area contributed by atoms with Crippen LogP contribution in [0, 0.1) is 0 Å². The van der Waals surface area contributed by atoms with Crippen molar-refractivity contribution in [3.63, 3.8) is 0 Å². The van der Waals surface area contributed by atoms with Crippen LogP contribution >= 0.6 is 0 Å². The number of carbonyl (C=O) groups excluding carboxylic acids is 2. The molecule has 0 bridgehead atoms. The molecule has 2 atom stereocenters. The Morgan fingerprint density at radius 1 is 1.21 bits per heavy atom. The van der Waals surface area contributed by atoms with Gasteiger partial charge in [0.15, 0.2) is 0 Å². The predicted molar refractivity (Wildman–Crippen MR) is 52.5 cm³/mol. The highest BCUT2D eigenvalue weighted by Gasteiger charge is 2.19. The number of carbonyl (C=O) groups is 2. The average Bonchev–Trinajstić information content (AvgIpc) is 2.02. The number of rotatable bonds is 4. The number of hydrogen-bond donors (Lipinski definition) is 2. The minimum absolute atomic E-state index is 0.183. The molecule has 0 aliphatic carbocycles. The maximum Gasteiger partial charge on any atom is 0.328 e. The fourth-order valence-corrected chi connectivity index (χ4v) is 0.738. The van der Waals surface area contributed by atoms with Gasteiger partial charge in [0.25, 0.3) is 0 Å². The van der Waals surface area contributed by atoms with Crippen LogP contribution in [0.2, 0.25) is 0 Å². The summed E-state index contributed by atoms with van der Waals surface area (Å²) in [4.78, 5) is 22.3. The lowest BCUT2D eigenvalue weighted by Gasteiger charge is -2.16. The number of esters is 1. The van der Waals surface area contributed by atoms with Gasteiger partial charge < -0.3 is 15.8 Å². The normalized spacial score (nSPS) is 14.7. The molecule has 0 aliphatic heterocycles. The lowest BCUT2D eigenvalue weighted by atomic mass is 10.3. The first-order valence-electron chi connectivity index (χ1n) is 4.61. The van der Waals surface area contributed by atoms with Crippen molar-refractivity contribution in [2.24, 2.45) is 5.73 Å². The zero-order chi connectivity index (χ0) is 11.3. The third-order valence-electron chi connectivity index (χ3n) is 1.48. The van der Waals surface area contributed by atoms with Gasteiger partial charge in [0.2, 0.25) is 5.91 Å². The van der Waals surface area contributed by atoms with E-state index in [2.05, 4.69) is 5.32 Å². The molecule has 0 aromatic rings. The Kier molecular flexibility index (Phi) is 5.15. The first-order chi connectivity index (χ1) is 6.34. The largest absolute Gasteiger partial charge is 0.461 e. The van der Waals surface area contributed by atoms with E-state index in [1.54, 1.807) is 27.7 Å². The molecular formula is C9H18N2O3. The third kappa shape index (κ3) is 4.81. The second-order valence-electron chi connectivity index (χ2n) is 3.50. The zero-order valence-electron chi connectivity index (χ0n) is 9.03. The van der Waals surface area contributed by atoms with Gasteiger partial charge in [0.05, 0.1) is 12.1 Å². The van der Waals surface area contributed by atoms with E-state index < -0.39 is 18.1 Å². The van der Waals surface area contributed by atoms with Gasteiger partial charge in [-0.2, -0.15) is 0 Å². The molecule has 1 amide bonds. The van der Waals surface area contributed by atoms with Crippen LogP contribution in [0.15, 0.2) is 0 Å². The van der Waals surface area contributed by atoms with Crippen molar-refractivity contribution in [3.05, 3.63) is 0 Å². The Morgan fingerprint density at radius 2 is 1.71 bits per heavy atom. The van der Waals surface area contributed by atoms with Gasteiger partial charge in [-0.3, -0.25) is 4.79 Å². The van der Waals surface area contributed by atoms with Gasteiger partial charge in [-0.1, -0.05) is 0 Å². The summed E-state index contributed by atoms with van der Waals surface area (Å²) in [7, 11) is 0. The minimum atomic E-state index is -0.657. The fraction of sp³-hybridized carbons (Fsp3) is 0.778. The molecular weight excluding hydrogens is 184 g/mol. The van der Waals surface area contributed by atoms with E-state index in [9.17, 15) is 9.59 Å². The smallest absolute Gasteiger partial charge is 0.328 e. The van der Waals surface area contributed by atoms with Gasteiger partial charge in [0, 0.05) is 0 Å². The highest BCUT2D eigenvalue weighted by atomic mass is 16.5. The summed E-state index contributed by atoms with van der Waals surface area (Å²) in [5, 5.41) is 2.45. The summed E-state index contributed by atoms with van der Waals surface area (Å²) in [5.74, 6) is -0.813. The molecule has 0 rings (SSSR count). The molecule has 5 nitrogen and oxygen atoms in total. The average molecular weight is 202 g/mol. The molecule has 0 heterocycles.